The Morgan fingerprint density at radius 3 is 2.27 bits per heavy atom. The maximum atomic E-state index is 10.6. The summed E-state index contributed by atoms with van der Waals surface area (Å²) in [7, 11) is 0. The summed E-state index contributed by atoms with van der Waals surface area (Å²) >= 11 is 0. The minimum atomic E-state index is -0.444. The molecule has 0 atom stereocenters. The third kappa shape index (κ3) is 2.71. The van der Waals surface area contributed by atoms with Crippen molar-refractivity contribution in [2.24, 2.45) is 0 Å². The lowest BCUT2D eigenvalue weighted by Gasteiger charge is -1.97. The molecule has 3 aromatic rings. The van der Waals surface area contributed by atoms with Crippen LogP contribution >= 0.6 is 0 Å². The zero-order valence-electron chi connectivity index (χ0n) is 11.9. The van der Waals surface area contributed by atoms with Crippen LogP contribution < -0.4 is 0 Å². The van der Waals surface area contributed by atoms with E-state index < -0.39 is 4.92 Å². The Morgan fingerprint density at radius 2 is 1.68 bits per heavy atom. The zero-order chi connectivity index (χ0) is 15.5. The molecule has 0 N–H and O–H groups in total. The van der Waals surface area contributed by atoms with E-state index in [0.29, 0.717) is 17.3 Å². The van der Waals surface area contributed by atoms with Gasteiger partial charge in [-0.15, -0.1) is 0 Å². The van der Waals surface area contributed by atoms with Gasteiger partial charge >= 0.3 is 0 Å². The van der Waals surface area contributed by atoms with Gasteiger partial charge in [-0.1, -0.05) is 24.2 Å². The highest BCUT2D eigenvalue weighted by molar-refractivity contribution is 5.61. The first-order chi connectivity index (χ1) is 10.7. The van der Waals surface area contributed by atoms with Crippen LogP contribution in [0.1, 0.15) is 12.5 Å². The van der Waals surface area contributed by atoms with Gasteiger partial charge in [0.05, 0.1) is 4.92 Å². The van der Waals surface area contributed by atoms with E-state index >= 15 is 0 Å². The van der Waals surface area contributed by atoms with E-state index in [-0.39, 0.29) is 5.69 Å². The lowest BCUT2D eigenvalue weighted by atomic mass is 10.1. The van der Waals surface area contributed by atoms with Crippen molar-refractivity contribution in [3.05, 3.63) is 64.2 Å². The van der Waals surface area contributed by atoms with E-state index in [4.69, 9.17) is 4.52 Å². The van der Waals surface area contributed by atoms with Crippen molar-refractivity contribution in [1.82, 2.24) is 10.1 Å². The summed E-state index contributed by atoms with van der Waals surface area (Å²) in [6.07, 6.45) is 0.970. The summed E-state index contributed by atoms with van der Waals surface area (Å²) in [4.78, 5) is 14.5. The van der Waals surface area contributed by atoms with Gasteiger partial charge < -0.3 is 4.52 Å². The van der Waals surface area contributed by atoms with Crippen molar-refractivity contribution in [2.45, 2.75) is 13.3 Å². The van der Waals surface area contributed by atoms with Crippen LogP contribution in [0.4, 0.5) is 5.69 Å². The van der Waals surface area contributed by atoms with Crippen LogP contribution in [0.25, 0.3) is 22.8 Å². The van der Waals surface area contributed by atoms with E-state index in [9.17, 15) is 10.1 Å². The lowest BCUT2D eigenvalue weighted by Crippen LogP contribution is -1.88. The highest BCUT2D eigenvalue weighted by Crippen LogP contribution is 2.24. The SMILES string of the molecule is CCc1ccc(-c2nc(-c3ccc([N+](=O)[O-])cc3)no2)cc1. The van der Waals surface area contributed by atoms with E-state index in [1.54, 1.807) is 12.1 Å². The average molecular weight is 295 g/mol. The first kappa shape index (κ1) is 13.9. The van der Waals surface area contributed by atoms with E-state index in [0.717, 1.165) is 12.0 Å². The molecule has 0 aliphatic heterocycles. The molecule has 0 bridgehead atoms. The summed E-state index contributed by atoms with van der Waals surface area (Å²) in [6, 6.07) is 14.0. The van der Waals surface area contributed by atoms with Crippen LogP contribution in [-0.2, 0) is 6.42 Å². The highest BCUT2D eigenvalue weighted by atomic mass is 16.6. The maximum Gasteiger partial charge on any atom is 0.269 e. The molecule has 6 heteroatoms. The van der Waals surface area contributed by atoms with Crippen molar-refractivity contribution in [1.29, 1.82) is 0 Å². The molecule has 1 aromatic heterocycles. The number of aryl methyl sites for hydroxylation is 1. The molecule has 2 aromatic carbocycles. The van der Waals surface area contributed by atoms with Crippen molar-refractivity contribution < 1.29 is 9.45 Å². The van der Waals surface area contributed by atoms with E-state index in [2.05, 4.69) is 17.1 Å². The number of nitro benzene ring substituents is 1. The molecule has 0 saturated carbocycles. The van der Waals surface area contributed by atoms with Crippen LogP contribution in [0.5, 0.6) is 0 Å². The average Bonchev–Trinajstić information content (AvgIpc) is 3.05. The van der Waals surface area contributed by atoms with E-state index in [1.807, 2.05) is 24.3 Å². The first-order valence-corrected chi connectivity index (χ1v) is 6.85. The Hall–Kier alpha value is -3.02. The van der Waals surface area contributed by atoms with Crippen molar-refractivity contribution in [3.8, 4) is 22.8 Å². The molecule has 0 unspecified atom stereocenters. The molecular formula is C16H13N3O3. The molecule has 0 aliphatic carbocycles. The summed E-state index contributed by atoms with van der Waals surface area (Å²) in [5.74, 6) is 0.834. The van der Waals surface area contributed by atoms with Gasteiger partial charge in [0.2, 0.25) is 5.82 Å². The summed E-state index contributed by atoms with van der Waals surface area (Å²) in [5.41, 5.74) is 2.78. The quantitative estimate of drug-likeness (QED) is 0.539. The second-order valence-electron chi connectivity index (χ2n) is 4.78. The number of non-ortho nitro benzene ring substituents is 1. The fourth-order valence-corrected chi connectivity index (χ4v) is 2.07. The Labute approximate surface area is 126 Å². The number of aromatic nitrogens is 2. The van der Waals surface area contributed by atoms with Crippen LogP contribution in [0.15, 0.2) is 53.1 Å². The van der Waals surface area contributed by atoms with Crippen LogP contribution in [0, 0.1) is 10.1 Å². The predicted molar refractivity (Wildman–Crippen MR) is 81.2 cm³/mol. The molecule has 22 heavy (non-hydrogen) atoms. The zero-order valence-corrected chi connectivity index (χ0v) is 11.9. The second kappa shape index (κ2) is 5.77. The number of nitro groups is 1. The monoisotopic (exact) mass is 295 g/mol. The van der Waals surface area contributed by atoms with E-state index in [1.165, 1.54) is 17.7 Å². The van der Waals surface area contributed by atoms with Gasteiger partial charge in [0, 0.05) is 23.3 Å². The molecule has 0 fully saturated rings. The molecule has 0 radical (unpaired) electrons. The molecule has 3 rings (SSSR count). The minimum absolute atomic E-state index is 0.0302. The van der Waals surface area contributed by atoms with Gasteiger partial charge in [0.15, 0.2) is 0 Å². The summed E-state index contributed by atoms with van der Waals surface area (Å²) < 4.78 is 5.26. The fraction of sp³-hybridized carbons (Fsp3) is 0.125. The fourth-order valence-electron chi connectivity index (χ4n) is 2.07. The second-order valence-corrected chi connectivity index (χ2v) is 4.78. The van der Waals surface area contributed by atoms with Crippen molar-refractivity contribution >= 4 is 5.69 Å². The van der Waals surface area contributed by atoms with Gasteiger partial charge in [-0.3, -0.25) is 10.1 Å². The Bertz CT molecular complexity index is 792. The summed E-state index contributed by atoms with van der Waals surface area (Å²) in [6.45, 7) is 2.09. The topological polar surface area (TPSA) is 82.1 Å². The maximum absolute atomic E-state index is 10.6. The number of hydrogen-bond acceptors (Lipinski definition) is 5. The Kier molecular flexibility index (Phi) is 3.65. The number of nitrogens with zero attached hydrogens (tertiary/aromatic N) is 3. The third-order valence-electron chi connectivity index (χ3n) is 3.37. The highest BCUT2D eigenvalue weighted by Gasteiger charge is 2.12. The van der Waals surface area contributed by atoms with Crippen LogP contribution in [0.2, 0.25) is 0 Å². The number of benzene rings is 2. The molecule has 0 saturated heterocycles. The smallest absolute Gasteiger partial charge is 0.269 e. The normalized spacial score (nSPS) is 10.6. The molecule has 110 valence electrons. The predicted octanol–water partition coefficient (Wildman–Crippen LogP) is 3.87. The van der Waals surface area contributed by atoms with Crippen molar-refractivity contribution in [3.63, 3.8) is 0 Å². The van der Waals surface area contributed by atoms with Crippen LogP contribution in [-0.4, -0.2) is 15.1 Å². The largest absolute Gasteiger partial charge is 0.334 e. The Morgan fingerprint density at radius 1 is 1.05 bits per heavy atom. The van der Waals surface area contributed by atoms with Gasteiger partial charge in [0.25, 0.3) is 11.6 Å². The lowest BCUT2D eigenvalue weighted by molar-refractivity contribution is -0.384. The van der Waals surface area contributed by atoms with Gasteiger partial charge in [0.1, 0.15) is 0 Å². The molecule has 6 nitrogen and oxygen atoms in total. The number of hydrogen-bond donors (Lipinski definition) is 0. The number of rotatable bonds is 4. The van der Waals surface area contributed by atoms with Gasteiger partial charge in [-0.25, -0.2) is 0 Å². The molecule has 0 spiro atoms. The molecule has 0 aliphatic rings. The molecule has 0 amide bonds. The van der Waals surface area contributed by atoms with Gasteiger partial charge in [-0.05, 0) is 36.2 Å². The standard InChI is InChI=1S/C16H13N3O3/c1-2-11-3-5-13(6-4-11)16-17-15(18-22-16)12-7-9-14(10-8-12)19(20)21/h3-10H,2H2,1H3. The Balaban J connectivity index is 1.87. The van der Waals surface area contributed by atoms with Gasteiger partial charge in [-0.2, -0.15) is 4.98 Å². The summed E-state index contributed by atoms with van der Waals surface area (Å²) in [5, 5.41) is 14.6. The third-order valence-corrected chi connectivity index (χ3v) is 3.37. The first-order valence-electron chi connectivity index (χ1n) is 6.85. The minimum Gasteiger partial charge on any atom is -0.334 e. The van der Waals surface area contributed by atoms with Crippen molar-refractivity contribution in [2.75, 3.05) is 0 Å². The molecular weight excluding hydrogens is 282 g/mol. The van der Waals surface area contributed by atoms with Crippen LogP contribution in [0.3, 0.4) is 0 Å². The molecule has 1 heterocycles.